The molecule has 1 heterocycles. The van der Waals surface area contributed by atoms with Gasteiger partial charge < -0.3 is 10.6 Å². The predicted octanol–water partition coefficient (Wildman–Crippen LogP) is 2.04. The minimum Gasteiger partial charge on any atom is -0.384 e. The molecule has 0 bridgehead atoms. The summed E-state index contributed by atoms with van der Waals surface area (Å²) in [6, 6.07) is 8.20. The van der Waals surface area contributed by atoms with Gasteiger partial charge in [0.1, 0.15) is 0 Å². The van der Waals surface area contributed by atoms with Crippen molar-refractivity contribution in [3.63, 3.8) is 0 Å². The lowest BCUT2D eigenvalue weighted by atomic mass is 9.93. The first kappa shape index (κ1) is 12.0. The van der Waals surface area contributed by atoms with Gasteiger partial charge in [0.05, 0.1) is 5.92 Å². The van der Waals surface area contributed by atoms with Crippen LogP contribution in [0.2, 0.25) is 0 Å². The highest BCUT2D eigenvalue weighted by Crippen LogP contribution is 2.24. The number of carbonyl (C=O) groups is 1. The molecular weight excluding hydrogens is 212 g/mol. The molecule has 1 aromatic carbocycles. The van der Waals surface area contributed by atoms with Gasteiger partial charge in [0, 0.05) is 18.8 Å². The van der Waals surface area contributed by atoms with Gasteiger partial charge in [-0.05, 0) is 24.0 Å². The lowest BCUT2D eigenvalue weighted by molar-refractivity contribution is -0.124. The van der Waals surface area contributed by atoms with Crippen LogP contribution in [0, 0.1) is 11.8 Å². The van der Waals surface area contributed by atoms with Gasteiger partial charge in [-0.1, -0.05) is 32.0 Å². The van der Waals surface area contributed by atoms with E-state index >= 15 is 0 Å². The molecule has 2 N–H and O–H groups in total. The Kier molecular flexibility index (Phi) is 3.67. The Morgan fingerprint density at radius 1 is 1.47 bits per heavy atom. The average molecular weight is 232 g/mol. The van der Waals surface area contributed by atoms with E-state index in [0.29, 0.717) is 5.92 Å². The smallest absolute Gasteiger partial charge is 0.225 e. The number of hydrogen-bond donors (Lipinski definition) is 2. The van der Waals surface area contributed by atoms with E-state index in [1.54, 1.807) is 0 Å². The zero-order valence-corrected chi connectivity index (χ0v) is 10.5. The molecule has 1 aliphatic heterocycles. The third-order valence-electron chi connectivity index (χ3n) is 3.08. The zero-order chi connectivity index (χ0) is 12.3. The second-order valence-corrected chi connectivity index (χ2v) is 5.08. The van der Waals surface area contributed by atoms with Crippen molar-refractivity contribution in [2.24, 2.45) is 11.8 Å². The summed E-state index contributed by atoms with van der Waals surface area (Å²) in [5, 5.41) is 6.32. The van der Waals surface area contributed by atoms with Gasteiger partial charge >= 0.3 is 0 Å². The van der Waals surface area contributed by atoms with Crippen molar-refractivity contribution in [1.29, 1.82) is 0 Å². The summed E-state index contributed by atoms with van der Waals surface area (Å²) < 4.78 is 0. The molecule has 0 aromatic heterocycles. The van der Waals surface area contributed by atoms with Crippen molar-refractivity contribution in [3.05, 3.63) is 29.8 Å². The normalized spacial score (nSPS) is 18.4. The van der Waals surface area contributed by atoms with E-state index in [2.05, 4.69) is 36.6 Å². The molecule has 0 fully saturated rings. The van der Waals surface area contributed by atoms with Crippen molar-refractivity contribution in [1.82, 2.24) is 5.32 Å². The van der Waals surface area contributed by atoms with Crippen LogP contribution in [0.25, 0.3) is 0 Å². The lowest BCUT2D eigenvalue weighted by Gasteiger charge is -2.25. The summed E-state index contributed by atoms with van der Waals surface area (Å²) in [7, 11) is 0. The van der Waals surface area contributed by atoms with Crippen LogP contribution in [0.1, 0.15) is 19.4 Å². The molecule has 1 unspecified atom stereocenters. The van der Waals surface area contributed by atoms with Crippen LogP contribution in [-0.2, 0) is 11.2 Å². The molecule has 0 saturated carbocycles. The standard InChI is InChI=1S/C14H20N2O/c1-10(2)8-16-14(17)12-7-11-5-3-4-6-13(11)15-9-12/h3-6,10,12,15H,7-9H2,1-2H3,(H,16,17). The second-order valence-electron chi connectivity index (χ2n) is 5.08. The molecule has 2 rings (SSSR count). The summed E-state index contributed by atoms with van der Waals surface area (Å²) in [5.41, 5.74) is 2.41. The molecule has 17 heavy (non-hydrogen) atoms. The number of amides is 1. The fourth-order valence-electron chi connectivity index (χ4n) is 2.08. The molecule has 92 valence electrons. The van der Waals surface area contributed by atoms with Gasteiger partial charge in [-0.15, -0.1) is 0 Å². The number of nitrogens with one attached hydrogen (secondary N) is 2. The second kappa shape index (κ2) is 5.21. The summed E-state index contributed by atoms with van der Waals surface area (Å²) >= 11 is 0. The number of anilines is 1. The van der Waals surface area contributed by atoms with Crippen LogP contribution in [0.5, 0.6) is 0 Å². The predicted molar refractivity (Wildman–Crippen MR) is 70.0 cm³/mol. The molecule has 0 radical (unpaired) electrons. The van der Waals surface area contributed by atoms with E-state index in [9.17, 15) is 4.79 Å². The Morgan fingerprint density at radius 3 is 3.00 bits per heavy atom. The molecule has 0 aliphatic carbocycles. The fourth-order valence-corrected chi connectivity index (χ4v) is 2.08. The van der Waals surface area contributed by atoms with Crippen LogP contribution in [0.3, 0.4) is 0 Å². The van der Waals surface area contributed by atoms with Gasteiger partial charge in [0.25, 0.3) is 0 Å². The number of hydrogen-bond acceptors (Lipinski definition) is 2. The minimum absolute atomic E-state index is 0.0589. The van der Waals surface area contributed by atoms with E-state index in [-0.39, 0.29) is 11.8 Å². The summed E-state index contributed by atoms with van der Waals surface area (Å²) in [4.78, 5) is 12.0. The van der Waals surface area contributed by atoms with Crippen LogP contribution in [0.4, 0.5) is 5.69 Å². The SMILES string of the molecule is CC(C)CNC(=O)C1CNc2ccccc2C1. The van der Waals surface area contributed by atoms with Crippen LogP contribution in [-0.4, -0.2) is 19.0 Å². The highest BCUT2D eigenvalue weighted by atomic mass is 16.1. The summed E-state index contributed by atoms with van der Waals surface area (Å²) in [5.74, 6) is 0.729. The zero-order valence-electron chi connectivity index (χ0n) is 10.5. The summed E-state index contributed by atoms with van der Waals surface area (Å²) in [6.45, 7) is 5.71. The van der Waals surface area contributed by atoms with Crippen molar-refractivity contribution >= 4 is 11.6 Å². The summed E-state index contributed by atoms with van der Waals surface area (Å²) in [6.07, 6.45) is 0.840. The molecule has 1 aromatic rings. The first-order valence-corrected chi connectivity index (χ1v) is 6.26. The molecule has 1 atom stereocenters. The highest BCUT2D eigenvalue weighted by molar-refractivity contribution is 5.80. The maximum atomic E-state index is 12.0. The van der Waals surface area contributed by atoms with Crippen molar-refractivity contribution in [2.75, 3.05) is 18.4 Å². The monoisotopic (exact) mass is 232 g/mol. The third-order valence-corrected chi connectivity index (χ3v) is 3.08. The number of para-hydroxylation sites is 1. The van der Waals surface area contributed by atoms with Crippen molar-refractivity contribution in [2.45, 2.75) is 20.3 Å². The first-order chi connectivity index (χ1) is 8.16. The maximum absolute atomic E-state index is 12.0. The van der Waals surface area contributed by atoms with Crippen LogP contribution in [0.15, 0.2) is 24.3 Å². The van der Waals surface area contributed by atoms with Gasteiger partial charge in [-0.2, -0.15) is 0 Å². The van der Waals surface area contributed by atoms with Crippen LogP contribution >= 0.6 is 0 Å². The van der Waals surface area contributed by atoms with E-state index in [0.717, 1.165) is 19.5 Å². The van der Waals surface area contributed by atoms with E-state index < -0.39 is 0 Å². The topological polar surface area (TPSA) is 41.1 Å². The number of carbonyl (C=O) groups excluding carboxylic acids is 1. The Balaban J connectivity index is 1.95. The Bertz CT molecular complexity index is 401. The van der Waals surface area contributed by atoms with Gasteiger partial charge in [0.15, 0.2) is 0 Å². The van der Waals surface area contributed by atoms with Crippen LogP contribution < -0.4 is 10.6 Å². The van der Waals surface area contributed by atoms with Crippen molar-refractivity contribution < 1.29 is 4.79 Å². The van der Waals surface area contributed by atoms with Gasteiger partial charge in [-0.3, -0.25) is 4.79 Å². The number of fused-ring (bicyclic) bond motifs is 1. The Hall–Kier alpha value is -1.51. The minimum atomic E-state index is 0.0589. The van der Waals surface area contributed by atoms with E-state index in [1.807, 2.05) is 12.1 Å². The largest absolute Gasteiger partial charge is 0.384 e. The first-order valence-electron chi connectivity index (χ1n) is 6.26. The quantitative estimate of drug-likeness (QED) is 0.837. The number of rotatable bonds is 3. The average Bonchev–Trinajstić information content (AvgIpc) is 2.35. The lowest BCUT2D eigenvalue weighted by Crippen LogP contribution is -2.39. The molecule has 0 spiro atoms. The Morgan fingerprint density at radius 2 is 2.24 bits per heavy atom. The van der Waals surface area contributed by atoms with Gasteiger partial charge in [0.2, 0.25) is 5.91 Å². The number of benzene rings is 1. The molecule has 3 nitrogen and oxygen atoms in total. The molecule has 0 saturated heterocycles. The van der Waals surface area contributed by atoms with E-state index in [4.69, 9.17) is 0 Å². The fraction of sp³-hybridized carbons (Fsp3) is 0.500. The van der Waals surface area contributed by atoms with E-state index in [1.165, 1.54) is 11.3 Å². The highest BCUT2D eigenvalue weighted by Gasteiger charge is 2.23. The maximum Gasteiger partial charge on any atom is 0.225 e. The van der Waals surface area contributed by atoms with Gasteiger partial charge in [-0.25, -0.2) is 0 Å². The molecular formula is C14H20N2O. The van der Waals surface area contributed by atoms with Crippen molar-refractivity contribution in [3.8, 4) is 0 Å². The Labute approximate surface area is 103 Å². The molecule has 3 heteroatoms. The third kappa shape index (κ3) is 2.99. The molecule has 1 aliphatic rings. The molecule has 1 amide bonds.